The van der Waals surface area contributed by atoms with Crippen molar-refractivity contribution >= 4 is 22.5 Å². The number of aromatic nitrogens is 1. The monoisotopic (exact) mass is 336 g/mol. The van der Waals surface area contributed by atoms with Crippen LogP contribution in [-0.4, -0.2) is 25.1 Å². The van der Waals surface area contributed by atoms with Gasteiger partial charge in [-0.25, -0.2) is 0 Å². The van der Waals surface area contributed by atoms with Gasteiger partial charge in [0, 0.05) is 24.1 Å². The number of carbonyl (C=O) groups excluding carboxylic acids is 1. The van der Waals surface area contributed by atoms with Crippen molar-refractivity contribution in [3.8, 4) is 11.5 Å². The molecule has 0 fully saturated rings. The summed E-state index contributed by atoms with van der Waals surface area (Å²) in [7, 11) is 3.23. The van der Waals surface area contributed by atoms with Crippen LogP contribution in [-0.2, 0) is 11.2 Å². The van der Waals surface area contributed by atoms with Crippen molar-refractivity contribution in [3.05, 3.63) is 60.3 Å². The average molecular weight is 336 g/mol. The zero-order chi connectivity index (χ0) is 17.6. The minimum Gasteiger partial charge on any atom is -0.497 e. The molecular formula is C20H20N2O3. The number of rotatable bonds is 6. The number of aryl methyl sites for hydroxylation is 1. The molecule has 128 valence electrons. The van der Waals surface area contributed by atoms with E-state index in [1.165, 1.54) is 0 Å². The Kier molecular flexibility index (Phi) is 5.14. The number of fused-ring (bicyclic) bond motifs is 1. The third-order valence-corrected chi connectivity index (χ3v) is 3.96. The van der Waals surface area contributed by atoms with Crippen LogP contribution in [0.1, 0.15) is 12.0 Å². The predicted molar refractivity (Wildman–Crippen MR) is 98.2 cm³/mol. The standard InChI is InChI=1S/C20H20N2O3/c1-24-16-7-3-5-14(11-16)8-9-19(23)22-18-13-17(25-2)12-15-6-4-10-21-20(15)18/h3-7,10-13H,8-9H2,1-2H3,(H,22,23). The summed E-state index contributed by atoms with van der Waals surface area (Å²) in [6.45, 7) is 0. The van der Waals surface area contributed by atoms with Crippen molar-refractivity contribution in [2.45, 2.75) is 12.8 Å². The number of benzene rings is 2. The van der Waals surface area contributed by atoms with Gasteiger partial charge in [-0.05, 0) is 36.2 Å². The number of carbonyl (C=O) groups is 1. The van der Waals surface area contributed by atoms with Crippen molar-refractivity contribution in [2.75, 3.05) is 19.5 Å². The molecule has 0 bridgehead atoms. The van der Waals surface area contributed by atoms with E-state index < -0.39 is 0 Å². The van der Waals surface area contributed by atoms with Crippen LogP contribution in [0.4, 0.5) is 5.69 Å². The molecule has 1 amide bonds. The number of anilines is 1. The van der Waals surface area contributed by atoms with Crippen LogP contribution in [0.15, 0.2) is 54.7 Å². The van der Waals surface area contributed by atoms with Crippen LogP contribution in [0, 0.1) is 0 Å². The lowest BCUT2D eigenvalue weighted by Gasteiger charge is -2.11. The highest BCUT2D eigenvalue weighted by atomic mass is 16.5. The Bertz CT molecular complexity index is 893. The zero-order valence-corrected chi connectivity index (χ0v) is 14.3. The van der Waals surface area contributed by atoms with Crippen LogP contribution in [0.5, 0.6) is 11.5 Å². The van der Waals surface area contributed by atoms with Gasteiger partial charge in [0.2, 0.25) is 5.91 Å². The number of nitrogens with one attached hydrogen (secondary N) is 1. The fraction of sp³-hybridized carbons (Fsp3) is 0.200. The van der Waals surface area contributed by atoms with Crippen LogP contribution < -0.4 is 14.8 Å². The van der Waals surface area contributed by atoms with Gasteiger partial charge in [-0.2, -0.15) is 0 Å². The topological polar surface area (TPSA) is 60.5 Å². The Balaban J connectivity index is 1.73. The highest BCUT2D eigenvalue weighted by Gasteiger charge is 2.10. The number of hydrogen-bond acceptors (Lipinski definition) is 4. The highest BCUT2D eigenvalue weighted by molar-refractivity contribution is 6.01. The van der Waals surface area contributed by atoms with E-state index in [0.717, 1.165) is 22.2 Å². The molecule has 2 aromatic carbocycles. The van der Waals surface area contributed by atoms with Gasteiger partial charge in [0.1, 0.15) is 11.5 Å². The maximum atomic E-state index is 12.4. The summed E-state index contributed by atoms with van der Waals surface area (Å²) in [6.07, 6.45) is 2.72. The maximum Gasteiger partial charge on any atom is 0.224 e. The number of hydrogen-bond donors (Lipinski definition) is 1. The second-order valence-corrected chi connectivity index (χ2v) is 5.65. The molecule has 3 aromatic rings. The molecule has 1 heterocycles. The fourth-order valence-electron chi connectivity index (χ4n) is 2.68. The molecule has 0 unspecified atom stereocenters. The predicted octanol–water partition coefficient (Wildman–Crippen LogP) is 3.82. The minimum absolute atomic E-state index is 0.0666. The second-order valence-electron chi connectivity index (χ2n) is 5.65. The molecule has 0 saturated carbocycles. The lowest BCUT2D eigenvalue weighted by molar-refractivity contribution is -0.116. The smallest absolute Gasteiger partial charge is 0.224 e. The molecule has 1 N–H and O–H groups in total. The summed E-state index contributed by atoms with van der Waals surface area (Å²) in [5, 5.41) is 3.87. The van der Waals surface area contributed by atoms with Gasteiger partial charge in [-0.1, -0.05) is 18.2 Å². The van der Waals surface area contributed by atoms with Crippen molar-refractivity contribution in [1.82, 2.24) is 4.98 Å². The van der Waals surface area contributed by atoms with Gasteiger partial charge in [0.15, 0.2) is 0 Å². The quantitative estimate of drug-likeness (QED) is 0.743. The van der Waals surface area contributed by atoms with E-state index in [0.29, 0.717) is 24.3 Å². The summed E-state index contributed by atoms with van der Waals surface area (Å²) in [6, 6.07) is 15.2. The first-order valence-corrected chi connectivity index (χ1v) is 8.05. The summed E-state index contributed by atoms with van der Waals surface area (Å²) in [4.78, 5) is 16.7. The molecular weight excluding hydrogens is 316 g/mol. The summed E-state index contributed by atoms with van der Waals surface area (Å²) < 4.78 is 10.5. The minimum atomic E-state index is -0.0666. The molecule has 0 aliphatic rings. The molecule has 0 saturated heterocycles. The van der Waals surface area contributed by atoms with Crippen LogP contribution in [0.25, 0.3) is 10.9 Å². The maximum absolute atomic E-state index is 12.4. The molecule has 25 heavy (non-hydrogen) atoms. The largest absolute Gasteiger partial charge is 0.497 e. The Labute approximate surface area is 146 Å². The van der Waals surface area contributed by atoms with E-state index in [1.807, 2.05) is 42.5 Å². The second kappa shape index (κ2) is 7.66. The van der Waals surface area contributed by atoms with E-state index in [1.54, 1.807) is 26.5 Å². The fourth-order valence-corrected chi connectivity index (χ4v) is 2.68. The van der Waals surface area contributed by atoms with Crippen molar-refractivity contribution in [2.24, 2.45) is 0 Å². The molecule has 5 heteroatoms. The van der Waals surface area contributed by atoms with Gasteiger partial charge in [-0.3, -0.25) is 9.78 Å². The molecule has 0 radical (unpaired) electrons. The van der Waals surface area contributed by atoms with Crippen molar-refractivity contribution in [3.63, 3.8) is 0 Å². The number of amides is 1. The Hall–Kier alpha value is -3.08. The summed E-state index contributed by atoms with van der Waals surface area (Å²) in [5.74, 6) is 1.41. The van der Waals surface area contributed by atoms with Gasteiger partial charge in [0.05, 0.1) is 25.4 Å². The first-order chi connectivity index (χ1) is 12.2. The summed E-state index contributed by atoms with van der Waals surface area (Å²) >= 11 is 0. The van der Waals surface area contributed by atoms with Crippen LogP contribution in [0.3, 0.4) is 0 Å². The third kappa shape index (κ3) is 4.07. The van der Waals surface area contributed by atoms with Gasteiger partial charge >= 0.3 is 0 Å². The van der Waals surface area contributed by atoms with Gasteiger partial charge in [-0.15, -0.1) is 0 Å². The van der Waals surface area contributed by atoms with E-state index in [9.17, 15) is 4.79 Å². The van der Waals surface area contributed by atoms with Crippen molar-refractivity contribution in [1.29, 1.82) is 0 Å². The first kappa shape index (κ1) is 16.8. The molecule has 1 aromatic heterocycles. The molecule has 0 aliphatic carbocycles. The van der Waals surface area contributed by atoms with Gasteiger partial charge in [0.25, 0.3) is 0 Å². The molecule has 0 atom stereocenters. The number of ether oxygens (including phenoxy) is 2. The van der Waals surface area contributed by atoms with Crippen LogP contribution in [0.2, 0.25) is 0 Å². The lowest BCUT2D eigenvalue weighted by atomic mass is 10.1. The van der Waals surface area contributed by atoms with E-state index in [4.69, 9.17) is 9.47 Å². The highest BCUT2D eigenvalue weighted by Crippen LogP contribution is 2.27. The van der Waals surface area contributed by atoms with Crippen molar-refractivity contribution < 1.29 is 14.3 Å². The molecule has 0 spiro atoms. The average Bonchev–Trinajstić information content (AvgIpc) is 2.66. The Morgan fingerprint density at radius 3 is 2.68 bits per heavy atom. The Morgan fingerprint density at radius 2 is 1.88 bits per heavy atom. The normalized spacial score (nSPS) is 10.5. The lowest BCUT2D eigenvalue weighted by Crippen LogP contribution is -2.13. The molecule has 3 rings (SSSR count). The van der Waals surface area contributed by atoms with Gasteiger partial charge < -0.3 is 14.8 Å². The van der Waals surface area contributed by atoms with Crippen LogP contribution >= 0.6 is 0 Å². The molecule has 0 aliphatic heterocycles. The number of methoxy groups -OCH3 is 2. The summed E-state index contributed by atoms with van der Waals surface area (Å²) in [5.41, 5.74) is 2.46. The first-order valence-electron chi connectivity index (χ1n) is 8.05. The van der Waals surface area contributed by atoms with E-state index in [2.05, 4.69) is 10.3 Å². The SMILES string of the molecule is COc1cccc(CCC(=O)Nc2cc(OC)cc3cccnc23)c1. The van der Waals surface area contributed by atoms with E-state index >= 15 is 0 Å². The Morgan fingerprint density at radius 1 is 1.04 bits per heavy atom. The van der Waals surface area contributed by atoms with E-state index in [-0.39, 0.29) is 5.91 Å². The number of nitrogens with zero attached hydrogens (tertiary/aromatic N) is 1. The third-order valence-electron chi connectivity index (χ3n) is 3.96. The molecule has 5 nitrogen and oxygen atoms in total. The number of pyridine rings is 1. The zero-order valence-electron chi connectivity index (χ0n) is 14.3.